The van der Waals surface area contributed by atoms with Crippen molar-refractivity contribution in [3.05, 3.63) is 59.2 Å². The van der Waals surface area contributed by atoms with Crippen LogP contribution in [0.1, 0.15) is 21.5 Å². The summed E-state index contributed by atoms with van der Waals surface area (Å²) in [6.45, 7) is 3.55. The molecule has 2 rings (SSSR count). The first kappa shape index (κ1) is 18.4. The first-order valence-corrected chi connectivity index (χ1v) is 7.90. The number of aromatic carboxylic acids is 1. The number of thiocarbonyl (C=S) groups is 1. The van der Waals surface area contributed by atoms with Crippen molar-refractivity contribution in [3.63, 3.8) is 0 Å². The standard InChI is InChI=1S/C18H18N2O4S/c1-11-3-6-14(7-4-11)24-10-16(21)20-18(25)19-15-8-5-13(17(22)23)9-12(15)2/h3-9H,10H2,1-2H3,(H,22,23)(H2,19,20,21,25). The lowest BCUT2D eigenvalue weighted by atomic mass is 10.1. The van der Waals surface area contributed by atoms with E-state index in [4.69, 9.17) is 22.1 Å². The Bertz CT molecular complexity index is 803. The molecule has 7 heteroatoms. The van der Waals surface area contributed by atoms with Crippen LogP contribution in [0, 0.1) is 13.8 Å². The Morgan fingerprint density at radius 1 is 1.12 bits per heavy atom. The van der Waals surface area contributed by atoms with Crippen molar-refractivity contribution in [2.75, 3.05) is 11.9 Å². The van der Waals surface area contributed by atoms with Gasteiger partial charge in [0.25, 0.3) is 5.91 Å². The van der Waals surface area contributed by atoms with Crippen molar-refractivity contribution in [1.82, 2.24) is 5.32 Å². The van der Waals surface area contributed by atoms with Crippen LogP contribution in [0.5, 0.6) is 5.75 Å². The quantitative estimate of drug-likeness (QED) is 0.713. The third kappa shape index (κ3) is 5.58. The molecule has 130 valence electrons. The Hall–Kier alpha value is -2.93. The monoisotopic (exact) mass is 358 g/mol. The Morgan fingerprint density at radius 2 is 1.80 bits per heavy atom. The van der Waals surface area contributed by atoms with Gasteiger partial charge < -0.3 is 15.2 Å². The SMILES string of the molecule is Cc1ccc(OCC(=O)NC(=S)Nc2ccc(C(=O)O)cc2C)cc1. The molecule has 6 nitrogen and oxygen atoms in total. The Labute approximate surface area is 150 Å². The number of anilines is 1. The van der Waals surface area contributed by atoms with Gasteiger partial charge >= 0.3 is 5.97 Å². The van der Waals surface area contributed by atoms with Crippen molar-refractivity contribution >= 4 is 34.9 Å². The molecule has 0 unspecified atom stereocenters. The van der Waals surface area contributed by atoms with Gasteiger partial charge in [-0.25, -0.2) is 4.79 Å². The summed E-state index contributed by atoms with van der Waals surface area (Å²) in [5.74, 6) is -0.795. The molecule has 2 aromatic rings. The van der Waals surface area contributed by atoms with Gasteiger partial charge in [-0.05, 0) is 62.0 Å². The van der Waals surface area contributed by atoms with E-state index < -0.39 is 11.9 Å². The number of carbonyl (C=O) groups is 2. The summed E-state index contributed by atoms with van der Waals surface area (Å²) in [6.07, 6.45) is 0. The second-order valence-electron chi connectivity index (χ2n) is 5.44. The molecule has 0 saturated heterocycles. The van der Waals surface area contributed by atoms with Crippen LogP contribution in [0.25, 0.3) is 0 Å². The van der Waals surface area contributed by atoms with Crippen LogP contribution in [0.15, 0.2) is 42.5 Å². The van der Waals surface area contributed by atoms with Crippen molar-refractivity contribution in [2.24, 2.45) is 0 Å². The van der Waals surface area contributed by atoms with Crippen molar-refractivity contribution in [2.45, 2.75) is 13.8 Å². The maximum Gasteiger partial charge on any atom is 0.335 e. The minimum Gasteiger partial charge on any atom is -0.484 e. The lowest BCUT2D eigenvalue weighted by molar-refractivity contribution is -0.121. The van der Waals surface area contributed by atoms with E-state index in [9.17, 15) is 9.59 Å². The zero-order valence-electron chi connectivity index (χ0n) is 13.8. The topological polar surface area (TPSA) is 87.7 Å². The Balaban J connectivity index is 1.86. The molecule has 3 N–H and O–H groups in total. The maximum atomic E-state index is 11.9. The third-order valence-electron chi connectivity index (χ3n) is 3.37. The van der Waals surface area contributed by atoms with Crippen LogP contribution in [-0.4, -0.2) is 28.7 Å². The van der Waals surface area contributed by atoms with E-state index in [2.05, 4.69) is 10.6 Å². The zero-order chi connectivity index (χ0) is 18.4. The highest BCUT2D eigenvalue weighted by molar-refractivity contribution is 7.80. The molecule has 0 atom stereocenters. The Kier molecular flexibility index (Phi) is 6.08. The third-order valence-corrected chi connectivity index (χ3v) is 3.57. The smallest absolute Gasteiger partial charge is 0.335 e. The fraction of sp³-hybridized carbons (Fsp3) is 0.167. The van der Waals surface area contributed by atoms with E-state index in [1.807, 2.05) is 19.1 Å². The molecule has 0 aromatic heterocycles. The highest BCUT2D eigenvalue weighted by Crippen LogP contribution is 2.16. The van der Waals surface area contributed by atoms with Gasteiger partial charge in [-0.3, -0.25) is 10.1 Å². The second kappa shape index (κ2) is 8.25. The van der Waals surface area contributed by atoms with Gasteiger partial charge in [-0.2, -0.15) is 0 Å². The molecule has 25 heavy (non-hydrogen) atoms. The molecule has 0 bridgehead atoms. The number of carbonyl (C=O) groups excluding carboxylic acids is 1. The fourth-order valence-electron chi connectivity index (χ4n) is 2.04. The molecular formula is C18H18N2O4S. The van der Waals surface area contributed by atoms with Crippen molar-refractivity contribution in [3.8, 4) is 5.75 Å². The molecule has 0 aliphatic rings. The summed E-state index contributed by atoms with van der Waals surface area (Å²) in [7, 11) is 0. The van der Waals surface area contributed by atoms with Crippen LogP contribution in [0.2, 0.25) is 0 Å². The summed E-state index contributed by atoms with van der Waals surface area (Å²) >= 11 is 5.09. The first-order valence-electron chi connectivity index (χ1n) is 7.49. The highest BCUT2D eigenvalue weighted by atomic mass is 32.1. The summed E-state index contributed by atoms with van der Waals surface area (Å²) in [6, 6.07) is 11.9. The van der Waals surface area contributed by atoms with E-state index in [0.717, 1.165) is 5.56 Å². The average molecular weight is 358 g/mol. The van der Waals surface area contributed by atoms with Crippen LogP contribution in [-0.2, 0) is 4.79 Å². The lowest BCUT2D eigenvalue weighted by Crippen LogP contribution is -2.37. The number of rotatable bonds is 5. The molecule has 2 aromatic carbocycles. The van der Waals surface area contributed by atoms with E-state index in [1.54, 1.807) is 25.1 Å². The van der Waals surface area contributed by atoms with Crippen LogP contribution in [0.3, 0.4) is 0 Å². The molecule has 0 aliphatic carbocycles. The number of carboxylic acid groups (broad SMARTS) is 1. The molecule has 0 heterocycles. The molecule has 0 saturated carbocycles. The van der Waals surface area contributed by atoms with Crippen molar-refractivity contribution in [1.29, 1.82) is 0 Å². The van der Waals surface area contributed by atoms with Gasteiger partial charge in [0.15, 0.2) is 11.7 Å². The molecule has 0 spiro atoms. The molecule has 0 fully saturated rings. The Morgan fingerprint density at radius 3 is 2.40 bits per heavy atom. The van der Waals surface area contributed by atoms with Gasteiger partial charge in [-0.1, -0.05) is 17.7 Å². The van der Waals surface area contributed by atoms with Gasteiger partial charge in [0.05, 0.1) is 5.56 Å². The van der Waals surface area contributed by atoms with E-state index in [0.29, 0.717) is 17.0 Å². The highest BCUT2D eigenvalue weighted by Gasteiger charge is 2.09. The number of nitrogens with one attached hydrogen (secondary N) is 2. The van der Waals surface area contributed by atoms with E-state index in [-0.39, 0.29) is 17.3 Å². The summed E-state index contributed by atoms with van der Waals surface area (Å²) in [4.78, 5) is 22.8. The van der Waals surface area contributed by atoms with Gasteiger partial charge in [0.2, 0.25) is 0 Å². The largest absolute Gasteiger partial charge is 0.484 e. The minimum absolute atomic E-state index is 0.115. The van der Waals surface area contributed by atoms with Gasteiger partial charge in [0, 0.05) is 5.69 Å². The van der Waals surface area contributed by atoms with Crippen LogP contribution in [0.4, 0.5) is 5.69 Å². The number of amides is 1. The second-order valence-corrected chi connectivity index (χ2v) is 5.85. The number of aryl methyl sites for hydroxylation is 2. The zero-order valence-corrected chi connectivity index (χ0v) is 14.6. The first-order chi connectivity index (χ1) is 11.8. The summed E-state index contributed by atoms with van der Waals surface area (Å²) in [5.41, 5.74) is 2.61. The average Bonchev–Trinajstić information content (AvgIpc) is 2.56. The predicted octanol–water partition coefficient (Wildman–Crippen LogP) is 2.89. The fourth-order valence-corrected chi connectivity index (χ4v) is 2.26. The minimum atomic E-state index is -1.00. The summed E-state index contributed by atoms with van der Waals surface area (Å²) in [5, 5.41) is 14.4. The van der Waals surface area contributed by atoms with Crippen LogP contribution >= 0.6 is 12.2 Å². The number of hydrogen-bond donors (Lipinski definition) is 3. The number of ether oxygens (including phenoxy) is 1. The molecular weight excluding hydrogens is 340 g/mol. The molecule has 0 radical (unpaired) electrons. The van der Waals surface area contributed by atoms with E-state index in [1.165, 1.54) is 12.1 Å². The lowest BCUT2D eigenvalue weighted by Gasteiger charge is -2.12. The van der Waals surface area contributed by atoms with Crippen LogP contribution < -0.4 is 15.4 Å². The normalized spacial score (nSPS) is 10.0. The van der Waals surface area contributed by atoms with Gasteiger partial charge in [0.1, 0.15) is 5.75 Å². The predicted molar refractivity (Wildman–Crippen MR) is 99.2 cm³/mol. The number of benzene rings is 2. The van der Waals surface area contributed by atoms with E-state index >= 15 is 0 Å². The molecule has 1 amide bonds. The number of hydrogen-bond acceptors (Lipinski definition) is 4. The number of carboxylic acids is 1. The molecule has 0 aliphatic heterocycles. The maximum absolute atomic E-state index is 11.9. The van der Waals surface area contributed by atoms with Gasteiger partial charge in [-0.15, -0.1) is 0 Å². The van der Waals surface area contributed by atoms with Crippen molar-refractivity contribution < 1.29 is 19.4 Å². The summed E-state index contributed by atoms with van der Waals surface area (Å²) < 4.78 is 5.37.